The van der Waals surface area contributed by atoms with Gasteiger partial charge in [0.15, 0.2) is 0 Å². The van der Waals surface area contributed by atoms with Gasteiger partial charge in [0.1, 0.15) is 22.0 Å². The minimum absolute atomic E-state index is 0.0742. The van der Waals surface area contributed by atoms with Gasteiger partial charge in [0.2, 0.25) is 5.91 Å². The monoisotopic (exact) mass is 483 g/mol. The number of hydrogen-bond donors (Lipinski definition) is 0. The molecule has 5 rings (SSSR count). The lowest BCUT2D eigenvalue weighted by Crippen LogP contribution is -2.34. The van der Waals surface area contributed by atoms with Crippen LogP contribution in [-0.4, -0.2) is 28.5 Å². The van der Waals surface area contributed by atoms with E-state index in [0.29, 0.717) is 33.0 Å². The van der Waals surface area contributed by atoms with E-state index < -0.39 is 15.9 Å². The number of benzene rings is 3. The highest BCUT2D eigenvalue weighted by molar-refractivity contribution is 7.93. The van der Waals surface area contributed by atoms with Gasteiger partial charge in [0, 0.05) is 27.6 Å². The normalized spacial score (nSPS) is 13.4. The lowest BCUT2D eigenvalue weighted by atomic mass is 9.96. The Balaban J connectivity index is 1.71. The summed E-state index contributed by atoms with van der Waals surface area (Å²) < 4.78 is 44.2. The van der Waals surface area contributed by atoms with Crippen molar-refractivity contribution in [3.05, 3.63) is 71.4 Å². The molecule has 7 nitrogen and oxygen atoms in total. The van der Waals surface area contributed by atoms with Crippen LogP contribution in [0.15, 0.2) is 70.2 Å². The molecule has 0 N–H and O–H groups in total. The van der Waals surface area contributed by atoms with Gasteiger partial charge in [-0.05, 0) is 35.9 Å². The fourth-order valence-corrected chi connectivity index (χ4v) is 6.04. The van der Waals surface area contributed by atoms with Crippen molar-refractivity contribution in [2.24, 2.45) is 0 Å². The van der Waals surface area contributed by atoms with E-state index in [2.05, 4.69) is 0 Å². The molecule has 2 heterocycles. The maximum absolute atomic E-state index is 13.6. The smallest absolute Gasteiger partial charge is 0.274 e. The van der Waals surface area contributed by atoms with Crippen LogP contribution in [0.2, 0.25) is 5.02 Å². The quantitative estimate of drug-likeness (QED) is 0.395. The molecule has 0 radical (unpaired) electrons. The first-order chi connectivity index (χ1) is 15.9. The Labute approximate surface area is 195 Å². The number of ether oxygens (including phenoxy) is 2. The largest absolute Gasteiger partial charge is 0.497 e. The first kappa shape index (κ1) is 21.4. The second-order valence-corrected chi connectivity index (χ2v) is 9.58. The molecule has 1 aliphatic rings. The van der Waals surface area contributed by atoms with Gasteiger partial charge in [-0.15, -0.1) is 0 Å². The van der Waals surface area contributed by atoms with Crippen LogP contribution in [0.3, 0.4) is 0 Å². The Kier molecular flexibility index (Phi) is 5.07. The molecule has 0 bridgehead atoms. The van der Waals surface area contributed by atoms with Gasteiger partial charge in [0.05, 0.1) is 32.6 Å². The van der Waals surface area contributed by atoms with Crippen molar-refractivity contribution in [1.82, 2.24) is 0 Å². The second kappa shape index (κ2) is 7.83. The Morgan fingerprint density at radius 2 is 1.85 bits per heavy atom. The van der Waals surface area contributed by atoms with Crippen molar-refractivity contribution in [2.75, 3.05) is 18.5 Å². The van der Waals surface area contributed by atoms with Crippen LogP contribution in [-0.2, 0) is 21.2 Å². The maximum Gasteiger partial charge on any atom is 0.274 e. The van der Waals surface area contributed by atoms with Crippen LogP contribution < -0.4 is 13.8 Å². The highest BCUT2D eigenvalue weighted by Crippen LogP contribution is 2.45. The van der Waals surface area contributed by atoms with Gasteiger partial charge in [-0.3, -0.25) is 4.79 Å². The first-order valence-corrected chi connectivity index (χ1v) is 11.8. The molecular weight excluding hydrogens is 466 g/mol. The van der Waals surface area contributed by atoms with Crippen molar-refractivity contribution in [3.8, 4) is 22.6 Å². The van der Waals surface area contributed by atoms with Crippen molar-refractivity contribution in [3.63, 3.8) is 0 Å². The molecule has 0 unspecified atom stereocenters. The van der Waals surface area contributed by atoms with Crippen LogP contribution >= 0.6 is 11.6 Å². The van der Waals surface area contributed by atoms with Gasteiger partial charge in [-0.2, -0.15) is 0 Å². The van der Waals surface area contributed by atoms with Crippen LogP contribution in [0, 0.1) is 0 Å². The van der Waals surface area contributed by atoms with Gasteiger partial charge in [0.25, 0.3) is 10.0 Å². The zero-order valence-corrected chi connectivity index (χ0v) is 19.2. The minimum atomic E-state index is -4.28. The Morgan fingerprint density at radius 3 is 2.61 bits per heavy atom. The van der Waals surface area contributed by atoms with Gasteiger partial charge >= 0.3 is 0 Å². The lowest BCUT2D eigenvalue weighted by molar-refractivity contribution is -0.116. The van der Waals surface area contributed by atoms with Crippen molar-refractivity contribution >= 4 is 44.2 Å². The summed E-state index contributed by atoms with van der Waals surface area (Å²) in [6.45, 7) is 0. The number of hydrogen-bond acceptors (Lipinski definition) is 6. The Bertz CT molecular complexity index is 1530. The number of halogens is 1. The number of furan rings is 1. The van der Waals surface area contributed by atoms with E-state index in [-0.39, 0.29) is 22.8 Å². The highest BCUT2D eigenvalue weighted by Gasteiger charge is 2.41. The van der Waals surface area contributed by atoms with Crippen LogP contribution in [0.4, 0.5) is 5.69 Å². The Hall–Kier alpha value is -3.49. The van der Waals surface area contributed by atoms with E-state index in [1.807, 2.05) is 24.3 Å². The molecule has 4 aromatic rings. The average molecular weight is 484 g/mol. The third kappa shape index (κ3) is 3.25. The number of fused-ring (bicyclic) bond motifs is 2. The molecule has 1 aromatic heterocycles. The number of anilines is 1. The summed E-state index contributed by atoms with van der Waals surface area (Å²) in [4.78, 5) is 13.0. The Morgan fingerprint density at radius 1 is 1.03 bits per heavy atom. The fourth-order valence-electron chi connectivity index (χ4n) is 4.17. The summed E-state index contributed by atoms with van der Waals surface area (Å²) in [6, 6.07) is 14.9. The molecule has 1 aliphatic heterocycles. The molecule has 1 amide bonds. The van der Waals surface area contributed by atoms with E-state index >= 15 is 0 Å². The summed E-state index contributed by atoms with van der Waals surface area (Å²) in [7, 11) is -1.45. The van der Waals surface area contributed by atoms with Crippen LogP contribution in [0.1, 0.15) is 5.56 Å². The number of carbonyl (C=O) groups excluding carboxylic acids is 1. The molecular formula is C24H18ClNO6S. The summed E-state index contributed by atoms with van der Waals surface area (Å²) in [5.74, 6) is -0.0808. The summed E-state index contributed by atoms with van der Waals surface area (Å²) in [5.41, 5.74) is 2.64. The fraction of sp³-hybridized carbons (Fsp3) is 0.125. The van der Waals surface area contributed by atoms with E-state index in [9.17, 15) is 13.2 Å². The van der Waals surface area contributed by atoms with Gasteiger partial charge in [-0.1, -0.05) is 29.8 Å². The topological polar surface area (TPSA) is 86.1 Å². The highest BCUT2D eigenvalue weighted by atomic mass is 35.5. The van der Waals surface area contributed by atoms with Crippen LogP contribution in [0.25, 0.3) is 22.1 Å². The molecule has 0 spiro atoms. The zero-order valence-electron chi connectivity index (χ0n) is 17.7. The number of nitrogens with zero attached hydrogens (tertiary/aromatic N) is 1. The van der Waals surface area contributed by atoms with E-state index in [4.69, 9.17) is 25.5 Å². The molecule has 3 aromatic carbocycles. The number of amides is 1. The molecule has 168 valence electrons. The molecule has 0 aliphatic carbocycles. The third-order valence-corrected chi connectivity index (χ3v) is 7.74. The summed E-state index contributed by atoms with van der Waals surface area (Å²) in [6.07, 6.45) is 1.45. The maximum atomic E-state index is 13.6. The number of methoxy groups -OCH3 is 2. The van der Waals surface area contributed by atoms with Crippen molar-refractivity contribution in [1.29, 1.82) is 0 Å². The minimum Gasteiger partial charge on any atom is -0.497 e. The third-order valence-electron chi connectivity index (χ3n) is 5.65. The van der Waals surface area contributed by atoms with E-state index in [0.717, 1.165) is 9.69 Å². The molecule has 9 heteroatoms. The molecule has 0 atom stereocenters. The first-order valence-electron chi connectivity index (χ1n) is 9.95. The van der Waals surface area contributed by atoms with Gasteiger partial charge in [-0.25, -0.2) is 12.7 Å². The van der Waals surface area contributed by atoms with Crippen molar-refractivity contribution < 1.29 is 27.1 Å². The number of carbonyl (C=O) groups is 1. The van der Waals surface area contributed by atoms with E-state index in [1.165, 1.54) is 32.4 Å². The van der Waals surface area contributed by atoms with Gasteiger partial charge < -0.3 is 13.9 Å². The zero-order chi connectivity index (χ0) is 23.3. The molecule has 33 heavy (non-hydrogen) atoms. The summed E-state index contributed by atoms with van der Waals surface area (Å²) >= 11 is 6.56. The number of para-hydroxylation sites is 1. The average Bonchev–Trinajstić information content (AvgIpc) is 3.42. The number of rotatable bonds is 5. The predicted molar refractivity (Wildman–Crippen MR) is 125 cm³/mol. The number of sulfonamides is 1. The second-order valence-electron chi connectivity index (χ2n) is 7.42. The van der Waals surface area contributed by atoms with Crippen molar-refractivity contribution in [2.45, 2.75) is 11.3 Å². The molecule has 0 fully saturated rings. The van der Waals surface area contributed by atoms with Crippen LogP contribution in [0.5, 0.6) is 11.5 Å². The molecule has 0 saturated carbocycles. The predicted octanol–water partition coefficient (Wildman–Crippen LogP) is 5.05. The standard InChI is InChI=1S/C24H18ClNO6S/c1-30-15-6-9-21(20(12-15)31-2)33(28,29)26-19-8-7-18(25)23(17(19)13-22(26)27)16-5-3-4-14-10-11-32-24(14)16/h3-12H,13H2,1-2H3. The molecule has 0 saturated heterocycles. The van der Waals surface area contributed by atoms with E-state index in [1.54, 1.807) is 18.4 Å². The summed E-state index contributed by atoms with van der Waals surface area (Å²) in [5, 5.41) is 1.27. The SMILES string of the molecule is COc1ccc(S(=O)(=O)N2C(=O)Cc3c2ccc(Cl)c3-c2cccc3ccoc23)c(OC)c1. The lowest BCUT2D eigenvalue weighted by Gasteiger charge is -2.20.